The van der Waals surface area contributed by atoms with Crippen molar-refractivity contribution >= 4 is 16.2 Å². The monoisotopic (exact) mass is 290 g/mol. The van der Waals surface area contributed by atoms with Crippen LogP contribution >= 0.6 is 0 Å². The highest BCUT2D eigenvalue weighted by Gasteiger charge is 2.32. The minimum absolute atomic E-state index is 0.123. The van der Waals surface area contributed by atoms with E-state index < -0.39 is 16.2 Å². The molecule has 0 unspecified atom stereocenters. The third kappa shape index (κ3) is 4.15. The van der Waals surface area contributed by atoms with Gasteiger partial charge in [-0.25, -0.2) is 0 Å². The number of nitrogens with one attached hydrogen (secondary N) is 1. The minimum Gasteiger partial charge on any atom is -0.481 e. The Morgan fingerprint density at radius 1 is 1.21 bits per heavy atom. The Hall–Kier alpha value is -0.660. The summed E-state index contributed by atoms with van der Waals surface area (Å²) in [5.74, 6) is -0.568. The summed E-state index contributed by atoms with van der Waals surface area (Å²) in [6.07, 6.45) is 4.54. The first kappa shape index (κ1) is 14.7. The first-order valence-corrected chi connectivity index (χ1v) is 8.29. The summed E-state index contributed by atoms with van der Waals surface area (Å²) in [6, 6.07) is -0.123. The Morgan fingerprint density at radius 2 is 1.79 bits per heavy atom. The Morgan fingerprint density at radius 3 is 2.26 bits per heavy atom. The zero-order chi connectivity index (χ0) is 14.0. The second-order valence-electron chi connectivity index (χ2n) is 5.73. The van der Waals surface area contributed by atoms with Crippen molar-refractivity contribution in [2.24, 2.45) is 11.8 Å². The molecule has 0 atom stereocenters. The lowest BCUT2D eigenvalue weighted by Crippen LogP contribution is -2.45. The van der Waals surface area contributed by atoms with Crippen LogP contribution in [0.1, 0.15) is 38.5 Å². The Bertz CT molecular complexity index is 425. The standard InChI is InChI=1S/C12H22N2O4S/c1-14(8-9-2-3-9)19(17,18)13-11-6-4-10(5-7-11)12(15)16/h9-11,13H,2-8H2,1H3,(H,15,16). The van der Waals surface area contributed by atoms with Gasteiger partial charge in [0.15, 0.2) is 0 Å². The fraction of sp³-hybridized carbons (Fsp3) is 0.917. The molecule has 0 radical (unpaired) electrons. The van der Waals surface area contributed by atoms with Crippen LogP contribution in [-0.2, 0) is 15.0 Å². The SMILES string of the molecule is CN(CC1CC1)S(=O)(=O)NC1CCC(C(=O)O)CC1. The molecular formula is C12H22N2O4S. The van der Waals surface area contributed by atoms with Crippen LogP contribution in [0.25, 0.3) is 0 Å². The molecule has 0 aromatic heterocycles. The summed E-state index contributed by atoms with van der Waals surface area (Å²) in [4.78, 5) is 10.8. The van der Waals surface area contributed by atoms with Crippen molar-refractivity contribution in [2.45, 2.75) is 44.6 Å². The second-order valence-corrected chi connectivity index (χ2v) is 7.54. The van der Waals surface area contributed by atoms with Crippen LogP contribution in [0.4, 0.5) is 0 Å². The molecule has 2 rings (SSSR count). The average Bonchev–Trinajstić information content (AvgIpc) is 3.13. The van der Waals surface area contributed by atoms with Gasteiger partial charge in [-0.15, -0.1) is 0 Å². The van der Waals surface area contributed by atoms with E-state index in [-0.39, 0.29) is 12.0 Å². The van der Waals surface area contributed by atoms with Crippen LogP contribution in [0.2, 0.25) is 0 Å². The zero-order valence-electron chi connectivity index (χ0n) is 11.2. The lowest BCUT2D eigenvalue weighted by atomic mass is 9.87. The van der Waals surface area contributed by atoms with E-state index in [1.54, 1.807) is 7.05 Å². The fourth-order valence-electron chi connectivity index (χ4n) is 2.52. The second kappa shape index (κ2) is 5.76. The van der Waals surface area contributed by atoms with Gasteiger partial charge >= 0.3 is 5.97 Å². The number of nitrogens with zero attached hydrogens (tertiary/aromatic N) is 1. The molecule has 7 heteroatoms. The topological polar surface area (TPSA) is 86.7 Å². The normalized spacial score (nSPS) is 28.5. The first-order valence-electron chi connectivity index (χ1n) is 6.85. The van der Waals surface area contributed by atoms with Gasteiger partial charge in [0, 0.05) is 19.6 Å². The van der Waals surface area contributed by atoms with Crippen LogP contribution in [0.15, 0.2) is 0 Å². The van der Waals surface area contributed by atoms with Crippen LogP contribution in [0, 0.1) is 11.8 Å². The number of hydrogen-bond donors (Lipinski definition) is 2. The molecule has 110 valence electrons. The van der Waals surface area contributed by atoms with Gasteiger partial charge in [-0.2, -0.15) is 17.4 Å². The summed E-state index contributed by atoms with van der Waals surface area (Å²) >= 11 is 0. The van der Waals surface area contributed by atoms with Crippen molar-refractivity contribution in [2.75, 3.05) is 13.6 Å². The van der Waals surface area contributed by atoms with Crippen LogP contribution in [0.3, 0.4) is 0 Å². The molecule has 19 heavy (non-hydrogen) atoms. The minimum atomic E-state index is -3.42. The molecular weight excluding hydrogens is 268 g/mol. The van der Waals surface area contributed by atoms with E-state index in [0.717, 1.165) is 12.8 Å². The molecule has 2 aliphatic carbocycles. The predicted octanol–water partition coefficient (Wildman–Crippen LogP) is 0.806. The summed E-state index contributed by atoms with van der Waals surface area (Å²) in [7, 11) is -1.82. The van der Waals surface area contributed by atoms with E-state index >= 15 is 0 Å². The molecule has 0 heterocycles. The van der Waals surface area contributed by atoms with E-state index in [1.165, 1.54) is 4.31 Å². The number of carboxylic acid groups (broad SMARTS) is 1. The number of carboxylic acids is 1. The summed E-state index contributed by atoms with van der Waals surface area (Å²) in [6.45, 7) is 0.583. The van der Waals surface area contributed by atoms with Crippen molar-refractivity contribution in [3.05, 3.63) is 0 Å². The predicted molar refractivity (Wildman–Crippen MR) is 70.8 cm³/mol. The lowest BCUT2D eigenvalue weighted by Gasteiger charge is -2.28. The zero-order valence-corrected chi connectivity index (χ0v) is 12.0. The van der Waals surface area contributed by atoms with Gasteiger partial charge in [-0.1, -0.05) is 0 Å². The lowest BCUT2D eigenvalue weighted by molar-refractivity contribution is -0.142. The van der Waals surface area contributed by atoms with Gasteiger partial charge in [0.05, 0.1) is 5.92 Å². The fourth-order valence-corrected chi connectivity index (χ4v) is 3.76. The van der Waals surface area contributed by atoms with E-state index in [0.29, 0.717) is 38.1 Å². The van der Waals surface area contributed by atoms with Crippen LogP contribution < -0.4 is 4.72 Å². The molecule has 2 N–H and O–H groups in total. The maximum absolute atomic E-state index is 12.1. The van der Waals surface area contributed by atoms with Gasteiger partial charge in [0.1, 0.15) is 0 Å². The van der Waals surface area contributed by atoms with Crippen molar-refractivity contribution in [1.82, 2.24) is 9.03 Å². The summed E-state index contributed by atoms with van der Waals surface area (Å²) in [5.41, 5.74) is 0. The molecule has 0 aromatic rings. The van der Waals surface area contributed by atoms with Gasteiger partial charge < -0.3 is 5.11 Å². The number of aliphatic carboxylic acids is 1. The van der Waals surface area contributed by atoms with Crippen molar-refractivity contribution in [3.8, 4) is 0 Å². The highest BCUT2D eigenvalue weighted by molar-refractivity contribution is 7.87. The highest BCUT2D eigenvalue weighted by Crippen LogP contribution is 2.30. The third-order valence-electron chi connectivity index (χ3n) is 4.01. The third-order valence-corrected chi connectivity index (χ3v) is 5.62. The molecule has 0 bridgehead atoms. The van der Waals surface area contributed by atoms with E-state index in [2.05, 4.69) is 4.72 Å². The molecule has 2 saturated carbocycles. The quantitative estimate of drug-likeness (QED) is 0.758. The Labute approximate surface area is 114 Å². The van der Waals surface area contributed by atoms with Crippen LogP contribution in [0.5, 0.6) is 0 Å². The molecule has 0 saturated heterocycles. The van der Waals surface area contributed by atoms with E-state index in [1.807, 2.05) is 0 Å². The molecule has 2 fully saturated rings. The van der Waals surface area contributed by atoms with Gasteiger partial charge in [0.2, 0.25) is 0 Å². The van der Waals surface area contributed by atoms with Crippen molar-refractivity contribution in [3.63, 3.8) is 0 Å². The van der Waals surface area contributed by atoms with Crippen LogP contribution in [-0.4, -0.2) is 43.4 Å². The number of rotatable bonds is 6. The molecule has 6 nitrogen and oxygen atoms in total. The largest absolute Gasteiger partial charge is 0.481 e. The van der Waals surface area contributed by atoms with Crippen molar-refractivity contribution in [1.29, 1.82) is 0 Å². The maximum atomic E-state index is 12.1. The average molecular weight is 290 g/mol. The molecule has 0 amide bonds. The maximum Gasteiger partial charge on any atom is 0.306 e. The van der Waals surface area contributed by atoms with Gasteiger partial charge in [-0.05, 0) is 44.4 Å². The highest BCUT2D eigenvalue weighted by atomic mass is 32.2. The van der Waals surface area contributed by atoms with E-state index in [9.17, 15) is 13.2 Å². The number of hydrogen-bond acceptors (Lipinski definition) is 3. The van der Waals surface area contributed by atoms with Gasteiger partial charge in [-0.3, -0.25) is 4.79 Å². The smallest absolute Gasteiger partial charge is 0.306 e. The molecule has 0 aliphatic heterocycles. The Kier molecular flexibility index (Phi) is 4.47. The Balaban J connectivity index is 1.81. The number of carbonyl (C=O) groups is 1. The van der Waals surface area contributed by atoms with Gasteiger partial charge in [0.25, 0.3) is 10.2 Å². The van der Waals surface area contributed by atoms with Crippen molar-refractivity contribution < 1.29 is 18.3 Å². The van der Waals surface area contributed by atoms with E-state index in [4.69, 9.17) is 5.11 Å². The molecule has 2 aliphatic rings. The first-order chi connectivity index (χ1) is 8.88. The summed E-state index contributed by atoms with van der Waals surface area (Å²) in [5, 5.41) is 8.90. The molecule has 0 aromatic carbocycles. The molecule has 0 spiro atoms. The summed E-state index contributed by atoms with van der Waals surface area (Å²) < 4.78 is 28.2.